The minimum absolute atomic E-state index is 0.176. The van der Waals surface area contributed by atoms with Gasteiger partial charge in [-0.1, -0.05) is 135 Å². The topological polar surface area (TPSA) is 161 Å². The predicted octanol–water partition coefficient (Wildman–Crippen LogP) is 11.2. The number of nitrogens with zero attached hydrogens (tertiary/aromatic N) is 2. The van der Waals surface area contributed by atoms with Gasteiger partial charge in [0, 0.05) is 42.7 Å². The average Bonchev–Trinajstić information content (AvgIpc) is 3.85. The molecule has 0 spiro atoms. The second-order valence-electron chi connectivity index (χ2n) is 18.2. The summed E-state index contributed by atoms with van der Waals surface area (Å²) in [6.45, 7) is 7.08. The van der Waals surface area contributed by atoms with Crippen LogP contribution in [-0.4, -0.2) is 54.9 Å². The Hall–Kier alpha value is -8.02. The van der Waals surface area contributed by atoms with Crippen LogP contribution in [0, 0.1) is 11.5 Å². The van der Waals surface area contributed by atoms with Crippen LogP contribution in [0.5, 0.6) is 0 Å². The number of nitrogens with one attached hydrogen (secondary N) is 4. The van der Waals surface area contributed by atoms with Crippen molar-refractivity contribution in [3.8, 4) is 33.7 Å². The van der Waals surface area contributed by atoms with Crippen molar-refractivity contribution >= 4 is 55.0 Å². The fourth-order valence-corrected chi connectivity index (χ4v) is 9.12. The van der Waals surface area contributed by atoms with Crippen LogP contribution in [0.2, 0.25) is 19.6 Å². The zero-order valence-corrected chi connectivity index (χ0v) is 40.2. The highest BCUT2D eigenvalue weighted by Gasteiger charge is 2.30. The summed E-state index contributed by atoms with van der Waals surface area (Å²) < 4.78 is 12.6. The third-order valence-electron chi connectivity index (χ3n) is 11.8. The summed E-state index contributed by atoms with van der Waals surface area (Å²) in [4.78, 5) is 62.5. The minimum Gasteiger partial charge on any atom is -0.369 e. The third kappa shape index (κ3) is 11.3. The van der Waals surface area contributed by atoms with Gasteiger partial charge in [0.25, 0.3) is 11.8 Å². The molecule has 2 aromatic heterocycles. The molecule has 13 heteroatoms. The smallest absolute Gasteiger partial charge is 0.256 e. The van der Waals surface area contributed by atoms with Gasteiger partial charge < -0.3 is 30.7 Å². The van der Waals surface area contributed by atoms with Gasteiger partial charge in [0.15, 0.2) is 0 Å². The van der Waals surface area contributed by atoms with Crippen LogP contribution in [0.1, 0.15) is 86.4 Å². The molecule has 2 heterocycles. The first kappa shape index (κ1) is 47.1. The molecule has 0 fully saturated rings. The molecule has 0 atom stereocenters. The number of aromatic nitrogens is 2. The number of amides is 4. The van der Waals surface area contributed by atoms with Crippen LogP contribution in [0.4, 0.5) is 23.3 Å². The highest BCUT2D eigenvalue weighted by Crippen LogP contribution is 2.46. The second-order valence-corrected chi connectivity index (χ2v) is 22.9. The van der Waals surface area contributed by atoms with E-state index < -0.39 is 19.9 Å². The maximum absolute atomic E-state index is 13.8. The Morgan fingerprint density at radius 2 is 0.843 bits per heavy atom. The molecule has 70 heavy (non-hydrogen) atoms. The lowest BCUT2D eigenvalue weighted by Gasteiger charge is -2.15. The first-order valence-electron chi connectivity index (χ1n) is 23.4. The monoisotopic (exact) mass is 944 g/mol. The second kappa shape index (κ2) is 21.1. The number of carbonyl (C=O) groups excluding carboxylic acids is 4. The quantitative estimate of drug-likeness (QED) is 0.0423. The molecule has 12 nitrogen and oxygen atoms in total. The van der Waals surface area contributed by atoms with Crippen molar-refractivity contribution in [3.05, 3.63) is 191 Å². The molecule has 5 aromatic carbocycles. The number of anilines is 4. The SMILES string of the molecule is C[Si](C)(C)C#Cc1cc(C(=O)Nc2cccc(NC(=O)CCCOC3c4ccccc4-c4ccccc43)n2)cc(C(=O)Nc2cccc(NC(=O)CCCOC3c4ccccc4-c4ccccc43)n2)c1. The zero-order chi connectivity index (χ0) is 48.6. The van der Waals surface area contributed by atoms with Crippen molar-refractivity contribution in [3.63, 3.8) is 0 Å². The van der Waals surface area contributed by atoms with Crippen LogP contribution in [0.15, 0.2) is 152 Å². The molecule has 2 aliphatic carbocycles. The van der Waals surface area contributed by atoms with Crippen LogP contribution in [-0.2, 0) is 19.1 Å². The van der Waals surface area contributed by atoms with Gasteiger partial charge in [-0.3, -0.25) is 19.2 Å². The molecule has 0 saturated heterocycles. The fraction of sp³-hybridized carbons (Fsp3) is 0.193. The number of fused-ring (bicyclic) bond motifs is 6. The average molecular weight is 945 g/mol. The number of ether oxygens (including phenoxy) is 2. The summed E-state index contributed by atoms with van der Waals surface area (Å²) in [5.74, 6) is 2.58. The number of pyridine rings is 2. The van der Waals surface area contributed by atoms with E-state index in [0.29, 0.717) is 31.6 Å². The number of hydrogen-bond acceptors (Lipinski definition) is 8. The molecule has 350 valence electrons. The van der Waals surface area contributed by atoms with E-state index >= 15 is 0 Å². The first-order valence-corrected chi connectivity index (χ1v) is 26.9. The Kier molecular flexibility index (Phi) is 14.2. The van der Waals surface area contributed by atoms with Gasteiger partial charge in [0.1, 0.15) is 43.6 Å². The van der Waals surface area contributed by atoms with E-state index in [1.54, 1.807) is 48.5 Å². The Labute approximate surface area is 408 Å². The molecular weight excluding hydrogens is 893 g/mol. The molecule has 0 bridgehead atoms. The molecule has 9 rings (SSSR count). The standard InChI is InChI=1S/C57H52N6O6Si/c1-70(2,3)33-30-37-34-38(56(66)62-50-26-12-24-48(58-50)60-52(64)28-14-31-68-54-44-20-8-4-16-40(44)41-17-5-9-21-45(41)54)36-39(35-37)57(67)63-51-27-13-25-49(59-51)61-53(65)29-15-32-69-55-46-22-10-6-18-42(46)43-19-7-11-23-47(43)55/h4-13,16-27,34-36,54-55H,14-15,28-29,31-32H2,1-3H3,(H2,58,60,62,64,66)(H2,59,61,63,65,67). The summed E-state index contributed by atoms with van der Waals surface area (Å²) >= 11 is 0. The van der Waals surface area contributed by atoms with E-state index in [9.17, 15) is 19.2 Å². The first-order chi connectivity index (χ1) is 34.0. The number of benzene rings is 5. The van der Waals surface area contributed by atoms with Gasteiger partial charge in [-0.05, 0) is 99.8 Å². The predicted molar refractivity (Wildman–Crippen MR) is 276 cm³/mol. The highest BCUT2D eigenvalue weighted by molar-refractivity contribution is 6.83. The van der Waals surface area contributed by atoms with Crippen molar-refractivity contribution in [2.45, 2.75) is 57.5 Å². The Balaban J connectivity index is 0.785. The van der Waals surface area contributed by atoms with Gasteiger partial charge in [-0.15, -0.1) is 5.54 Å². The largest absolute Gasteiger partial charge is 0.369 e. The summed E-state index contributed by atoms with van der Waals surface area (Å²) in [5, 5.41) is 11.2. The molecule has 0 saturated carbocycles. The van der Waals surface area contributed by atoms with Gasteiger partial charge in [-0.25, -0.2) is 9.97 Å². The Bertz CT molecular complexity index is 2910. The molecule has 7 aromatic rings. The van der Waals surface area contributed by atoms with Crippen molar-refractivity contribution in [1.82, 2.24) is 9.97 Å². The summed E-state index contributed by atoms with van der Waals surface area (Å²) in [7, 11) is -1.84. The lowest BCUT2D eigenvalue weighted by molar-refractivity contribution is -0.117. The van der Waals surface area contributed by atoms with Crippen LogP contribution >= 0.6 is 0 Å². The maximum Gasteiger partial charge on any atom is 0.256 e. The molecule has 4 amide bonds. The maximum atomic E-state index is 13.8. The van der Waals surface area contributed by atoms with Gasteiger partial charge in [0.2, 0.25) is 11.8 Å². The van der Waals surface area contributed by atoms with Crippen LogP contribution < -0.4 is 21.3 Å². The van der Waals surface area contributed by atoms with Gasteiger partial charge in [0.05, 0.1) is 0 Å². The van der Waals surface area contributed by atoms with Crippen LogP contribution in [0.3, 0.4) is 0 Å². The molecule has 0 aliphatic heterocycles. The van der Waals surface area contributed by atoms with Gasteiger partial charge in [-0.2, -0.15) is 0 Å². The number of hydrogen-bond donors (Lipinski definition) is 4. The number of rotatable bonds is 16. The number of carbonyl (C=O) groups is 4. The van der Waals surface area contributed by atoms with E-state index in [1.165, 1.54) is 28.3 Å². The zero-order valence-electron chi connectivity index (χ0n) is 39.2. The Morgan fingerprint density at radius 3 is 1.21 bits per heavy atom. The molecule has 0 radical (unpaired) electrons. The van der Waals surface area contributed by atoms with Crippen LogP contribution in [0.25, 0.3) is 22.3 Å². The van der Waals surface area contributed by atoms with E-state index in [0.717, 1.165) is 22.3 Å². The molecule has 4 N–H and O–H groups in total. The fourth-order valence-electron chi connectivity index (χ4n) is 8.60. The summed E-state index contributed by atoms with van der Waals surface area (Å²) in [6.07, 6.45) is 1.05. The normalized spacial score (nSPS) is 12.4. The van der Waals surface area contributed by atoms with Crippen molar-refractivity contribution in [1.29, 1.82) is 0 Å². The van der Waals surface area contributed by atoms with Gasteiger partial charge >= 0.3 is 0 Å². The van der Waals surface area contributed by atoms with E-state index in [2.05, 4.69) is 111 Å². The summed E-state index contributed by atoms with van der Waals surface area (Å²) in [5.41, 5.74) is 13.3. The van der Waals surface area contributed by atoms with Crippen molar-refractivity contribution in [2.24, 2.45) is 0 Å². The van der Waals surface area contributed by atoms with Crippen molar-refractivity contribution < 1.29 is 28.7 Å². The third-order valence-corrected chi connectivity index (χ3v) is 12.6. The lowest BCUT2D eigenvalue weighted by atomic mass is 10.0. The Morgan fingerprint density at radius 1 is 0.486 bits per heavy atom. The molecular formula is C57H52N6O6Si. The van der Waals surface area contributed by atoms with E-state index in [4.69, 9.17) is 9.47 Å². The van der Waals surface area contributed by atoms with E-state index in [-0.39, 0.29) is 71.3 Å². The lowest BCUT2D eigenvalue weighted by Crippen LogP contribution is -2.19. The van der Waals surface area contributed by atoms with Crippen molar-refractivity contribution in [2.75, 3.05) is 34.5 Å². The summed E-state index contributed by atoms with van der Waals surface area (Å²) in [6, 6.07) is 47.5. The molecule has 2 aliphatic rings. The highest BCUT2D eigenvalue weighted by atomic mass is 28.3. The minimum atomic E-state index is -1.84. The van der Waals surface area contributed by atoms with E-state index in [1.807, 2.05) is 48.5 Å². The molecule has 0 unspecified atom stereocenters.